The Hall–Kier alpha value is -2.61. The zero-order valence-corrected chi connectivity index (χ0v) is 11.7. The summed E-state index contributed by atoms with van der Waals surface area (Å²) in [6, 6.07) is 8.39. The number of aromatic amines is 1. The van der Waals surface area contributed by atoms with Crippen LogP contribution in [0, 0.1) is 12.7 Å². The summed E-state index contributed by atoms with van der Waals surface area (Å²) in [5, 5.41) is 20.1. The molecule has 0 aliphatic rings. The second-order valence-corrected chi connectivity index (χ2v) is 5.50. The highest BCUT2D eigenvalue weighted by Crippen LogP contribution is 2.29. The Balaban J connectivity index is 1.88. The summed E-state index contributed by atoms with van der Waals surface area (Å²) >= 11 is 1.29. The van der Waals surface area contributed by atoms with Gasteiger partial charge in [0.05, 0.1) is 0 Å². The molecule has 0 aliphatic carbocycles. The van der Waals surface area contributed by atoms with E-state index in [-0.39, 0.29) is 5.82 Å². The topological polar surface area (TPSA) is 71.8 Å². The lowest BCUT2D eigenvalue weighted by molar-refractivity contribution is 0.631. The lowest BCUT2D eigenvalue weighted by atomic mass is 10.2. The Morgan fingerprint density at radius 1 is 1.24 bits per heavy atom. The largest absolute Gasteiger partial charge is 0.282 e. The van der Waals surface area contributed by atoms with E-state index < -0.39 is 0 Å². The van der Waals surface area contributed by atoms with E-state index in [0.717, 1.165) is 5.69 Å². The van der Waals surface area contributed by atoms with Crippen LogP contribution in [0.4, 0.5) is 4.39 Å². The fourth-order valence-electron chi connectivity index (χ4n) is 2.05. The molecule has 0 unspecified atom stereocenters. The summed E-state index contributed by atoms with van der Waals surface area (Å²) in [5.74, 6) is 0.229. The van der Waals surface area contributed by atoms with Gasteiger partial charge >= 0.3 is 0 Å². The van der Waals surface area contributed by atoms with Crippen molar-refractivity contribution in [1.29, 1.82) is 0 Å². The number of H-pyrrole nitrogens is 1. The zero-order valence-electron chi connectivity index (χ0n) is 10.9. The number of hydrogen-bond acceptors (Lipinski definition) is 5. The number of nitrogens with one attached hydrogen (secondary N) is 1. The molecule has 0 atom stereocenters. The fraction of sp³-hybridized carbons (Fsp3) is 0.0769. The van der Waals surface area contributed by atoms with E-state index >= 15 is 0 Å². The molecular formula is C13H9FN6S. The van der Waals surface area contributed by atoms with E-state index in [1.165, 1.54) is 17.4 Å². The highest BCUT2D eigenvalue weighted by atomic mass is 32.1. The van der Waals surface area contributed by atoms with Crippen LogP contribution in [-0.2, 0) is 0 Å². The summed E-state index contributed by atoms with van der Waals surface area (Å²) in [4.78, 5) is 0.601. The van der Waals surface area contributed by atoms with Gasteiger partial charge in [0.15, 0.2) is 5.01 Å². The minimum atomic E-state index is -0.306. The third-order valence-corrected chi connectivity index (χ3v) is 3.96. The third-order valence-electron chi connectivity index (χ3n) is 3.03. The van der Waals surface area contributed by atoms with Gasteiger partial charge in [0, 0.05) is 11.3 Å². The van der Waals surface area contributed by atoms with Gasteiger partial charge in [0.1, 0.15) is 11.5 Å². The second kappa shape index (κ2) is 4.45. The maximum absolute atomic E-state index is 13.8. The minimum Gasteiger partial charge on any atom is -0.282 e. The van der Waals surface area contributed by atoms with Crippen molar-refractivity contribution < 1.29 is 4.39 Å². The van der Waals surface area contributed by atoms with Crippen molar-refractivity contribution in [2.45, 2.75) is 6.92 Å². The predicted octanol–water partition coefficient (Wildman–Crippen LogP) is 2.69. The zero-order chi connectivity index (χ0) is 14.4. The molecule has 0 spiro atoms. The standard InChI is InChI=1S/C13H9FN6S/c1-7-6-10(16-15-7)11-17-18-13-20(11)19-12(21-13)8-4-2-3-5-9(8)14/h2-6H,1H3,(H,15,16). The smallest absolute Gasteiger partial charge is 0.235 e. The first kappa shape index (κ1) is 12.2. The number of rotatable bonds is 2. The third kappa shape index (κ3) is 1.91. The second-order valence-electron chi connectivity index (χ2n) is 4.54. The predicted molar refractivity (Wildman–Crippen MR) is 76.4 cm³/mol. The fourth-order valence-corrected chi connectivity index (χ4v) is 2.92. The molecule has 0 saturated heterocycles. The van der Waals surface area contributed by atoms with E-state index in [2.05, 4.69) is 25.5 Å². The highest BCUT2D eigenvalue weighted by molar-refractivity contribution is 7.19. The van der Waals surface area contributed by atoms with E-state index in [4.69, 9.17) is 0 Å². The van der Waals surface area contributed by atoms with E-state index in [1.54, 1.807) is 22.7 Å². The number of halogens is 1. The maximum Gasteiger partial charge on any atom is 0.235 e. The van der Waals surface area contributed by atoms with Crippen LogP contribution < -0.4 is 0 Å². The molecule has 0 aliphatic heterocycles. The van der Waals surface area contributed by atoms with E-state index in [1.807, 2.05) is 13.0 Å². The van der Waals surface area contributed by atoms with Crippen molar-refractivity contribution in [2.24, 2.45) is 0 Å². The molecule has 104 valence electrons. The molecule has 0 fully saturated rings. The van der Waals surface area contributed by atoms with Crippen LogP contribution in [0.15, 0.2) is 30.3 Å². The molecule has 4 rings (SSSR count). The molecule has 8 heteroatoms. The first-order valence-corrected chi connectivity index (χ1v) is 7.03. The minimum absolute atomic E-state index is 0.306. The summed E-state index contributed by atoms with van der Waals surface area (Å²) in [5.41, 5.74) is 2.04. The van der Waals surface area contributed by atoms with Gasteiger partial charge in [0.25, 0.3) is 0 Å². The molecule has 4 aromatic rings. The SMILES string of the molecule is Cc1cc(-c2nnc3sc(-c4ccccc4F)nn23)n[nH]1. The van der Waals surface area contributed by atoms with Gasteiger partial charge in [0.2, 0.25) is 10.8 Å². The van der Waals surface area contributed by atoms with E-state index in [0.29, 0.717) is 27.1 Å². The van der Waals surface area contributed by atoms with E-state index in [9.17, 15) is 4.39 Å². The first-order valence-electron chi connectivity index (χ1n) is 6.22. The van der Waals surface area contributed by atoms with Crippen LogP contribution in [0.2, 0.25) is 0 Å². The van der Waals surface area contributed by atoms with Crippen molar-refractivity contribution in [3.05, 3.63) is 41.8 Å². The van der Waals surface area contributed by atoms with Crippen molar-refractivity contribution in [3.63, 3.8) is 0 Å². The average molecular weight is 300 g/mol. The Morgan fingerprint density at radius 2 is 2.10 bits per heavy atom. The van der Waals surface area contributed by atoms with Crippen molar-refractivity contribution >= 4 is 16.3 Å². The monoisotopic (exact) mass is 300 g/mol. The Kier molecular flexibility index (Phi) is 2.58. The lowest BCUT2D eigenvalue weighted by Crippen LogP contribution is -1.92. The van der Waals surface area contributed by atoms with Gasteiger partial charge in [-0.1, -0.05) is 23.5 Å². The summed E-state index contributed by atoms with van der Waals surface area (Å²) in [7, 11) is 0. The number of benzene rings is 1. The molecule has 3 heterocycles. The van der Waals surface area contributed by atoms with Crippen LogP contribution in [0.5, 0.6) is 0 Å². The molecule has 0 radical (unpaired) electrons. The number of hydrogen-bond donors (Lipinski definition) is 1. The van der Waals surface area contributed by atoms with Gasteiger partial charge in [-0.15, -0.1) is 10.2 Å². The van der Waals surface area contributed by atoms with Crippen molar-refractivity contribution in [2.75, 3.05) is 0 Å². The molecule has 0 bridgehead atoms. The molecule has 0 saturated carbocycles. The average Bonchev–Trinajstić information content (AvgIpc) is 3.14. The lowest BCUT2D eigenvalue weighted by Gasteiger charge is -1.96. The molecule has 6 nitrogen and oxygen atoms in total. The van der Waals surface area contributed by atoms with Crippen LogP contribution in [-0.4, -0.2) is 30.0 Å². The normalized spacial score (nSPS) is 11.3. The van der Waals surface area contributed by atoms with Crippen molar-refractivity contribution in [3.8, 4) is 22.1 Å². The number of aryl methyl sites for hydroxylation is 1. The summed E-state index contributed by atoms with van der Waals surface area (Å²) in [6.07, 6.45) is 0. The molecule has 1 N–H and O–H groups in total. The summed E-state index contributed by atoms with van der Waals surface area (Å²) in [6.45, 7) is 1.90. The highest BCUT2D eigenvalue weighted by Gasteiger charge is 2.17. The molecule has 21 heavy (non-hydrogen) atoms. The number of fused-ring (bicyclic) bond motifs is 1. The van der Waals surface area contributed by atoms with Gasteiger partial charge in [-0.05, 0) is 25.1 Å². The van der Waals surface area contributed by atoms with Crippen LogP contribution >= 0.6 is 11.3 Å². The Morgan fingerprint density at radius 3 is 2.86 bits per heavy atom. The van der Waals surface area contributed by atoms with Gasteiger partial charge in [-0.3, -0.25) is 5.10 Å². The van der Waals surface area contributed by atoms with Crippen molar-refractivity contribution in [1.82, 2.24) is 30.0 Å². The molecule has 0 amide bonds. The first-order chi connectivity index (χ1) is 10.2. The number of nitrogens with zero attached hydrogens (tertiary/aromatic N) is 5. The quantitative estimate of drug-likeness (QED) is 0.618. The number of aromatic nitrogens is 6. The van der Waals surface area contributed by atoms with Gasteiger partial charge in [-0.2, -0.15) is 14.7 Å². The van der Waals surface area contributed by atoms with Crippen LogP contribution in [0.25, 0.3) is 27.1 Å². The Labute approximate surface area is 122 Å². The molecule has 3 aromatic heterocycles. The molecular weight excluding hydrogens is 291 g/mol. The van der Waals surface area contributed by atoms with Gasteiger partial charge in [-0.25, -0.2) is 4.39 Å². The molecule has 1 aromatic carbocycles. The van der Waals surface area contributed by atoms with Gasteiger partial charge < -0.3 is 0 Å². The van der Waals surface area contributed by atoms with Crippen LogP contribution in [0.3, 0.4) is 0 Å². The summed E-state index contributed by atoms with van der Waals surface area (Å²) < 4.78 is 15.4. The maximum atomic E-state index is 13.8. The van der Waals surface area contributed by atoms with Crippen LogP contribution in [0.1, 0.15) is 5.69 Å². The Bertz CT molecular complexity index is 937.